The number of rotatable bonds is 5. The topological polar surface area (TPSA) is 80.4 Å². The van der Waals surface area contributed by atoms with Crippen molar-refractivity contribution in [2.24, 2.45) is 5.73 Å². The number of primary amides is 1. The summed E-state index contributed by atoms with van der Waals surface area (Å²) in [7, 11) is 0. The molecule has 5 heteroatoms. The largest absolute Gasteiger partial charge is 0.480 e. The van der Waals surface area contributed by atoms with Crippen molar-refractivity contribution in [2.45, 2.75) is 24.9 Å². The molecule has 1 amide bonds. The molecule has 0 saturated carbocycles. The molecule has 1 rings (SSSR count). The van der Waals surface area contributed by atoms with E-state index >= 15 is 0 Å². The monoisotopic (exact) mass is 253 g/mol. The Labute approximate surface area is 104 Å². The van der Waals surface area contributed by atoms with Crippen molar-refractivity contribution in [1.29, 1.82) is 0 Å². The van der Waals surface area contributed by atoms with E-state index in [9.17, 15) is 9.59 Å². The maximum absolute atomic E-state index is 11.0. The molecule has 0 aliphatic heterocycles. The minimum absolute atomic E-state index is 0.440. The fourth-order valence-electron chi connectivity index (χ4n) is 1.30. The second-order valence-electron chi connectivity index (χ2n) is 3.80. The zero-order valence-corrected chi connectivity index (χ0v) is 10.6. The lowest BCUT2D eigenvalue weighted by Crippen LogP contribution is -2.12. The Hall–Kier alpha value is -1.49. The van der Waals surface area contributed by atoms with Gasteiger partial charge in [0, 0.05) is 11.3 Å². The van der Waals surface area contributed by atoms with E-state index in [1.807, 2.05) is 13.0 Å². The zero-order chi connectivity index (χ0) is 13.0. The highest BCUT2D eigenvalue weighted by molar-refractivity contribution is 7.99. The van der Waals surface area contributed by atoms with Crippen LogP contribution < -0.4 is 5.73 Å². The van der Waals surface area contributed by atoms with Gasteiger partial charge in [-0.25, -0.2) is 0 Å². The molecular formula is C12H15NO3S. The summed E-state index contributed by atoms with van der Waals surface area (Å²) in [6.07, 6.45) is 0. The number of carboxylic acids is 1. The lowest BCUT2D eigenvalue weighted by atomic mass is 10.1. The molecule has 1 aromatic carbocycles. The summed E-state index contributed by atoms with van der Waals surface area (Å²) in [4.78, 5) is 21.6. The number of aliphatic carboxylic acids is 1. The summed E-state index contributed by atoms with van der Waals surface area (Å²) in [6.45, 7) is 3.54. The molecule has 0 aliphatic rings. The van der Waals surface area contributed by atoms with Gasteiger partial charge in [-0.15, -0.1) is 11.8 Å². The van der Waals surface area contributed by atoms with Crippen molar-refractivity contribution in [3.8, 4) is 0 Å². The Kier molecular flexibility index (Phi) is 4.57. The minimum Gasteiger partial charge on any atom is -0.480 e. The molecule has 1 atom stereocenters. The maximum atomic E-state index is 11.0. The molecular weight excluding hydrogens is 238 g/mol. The van der Waals surface area contributed by atoms with Crippen LogP contribution in [-0.2, 0) is 10.5 Å². The van der Waals surface area contributed by atoms with Gasteiger partial charge >= 0.3 is 5.97 Å². The Morgan fingerprint density at radius 2 is 2.12 bits per heavy atom. The first-order valence-electron chi connectivity index (χ1n) is 5.15. The number of hydrogen-bond acceptors (Lipinski definition) is 3. The van der Waals surface area contributed by atoms with E-state index in [4.69, 9.17) is 10.8 Å². The molecule has 0 bridgehead atoms. The summed E-state index contributed by atoms with van der Waals surface area (Å²) in [5, 5.41) is 8.32. The van der Waals surface area contributed by atoms with Gasteiger partial charge in [-0.3, -0.25) is 9.59 Å². The van der Waals surface area contributed by atoms with E-state index < -0.39 is 17.1 Å². The summed E-state index contributed by atoms with van der Waals surface area (Å²) in [6, 6.07) is 5.21. The molecule has 0 saturated heterocycles. The lowest BCUT2D eigenvalue weighted by Gasteiger charge is -2.09. The smallest absolute Gasteiger partial charge is 0.316 e. The predicted octanol–water partition coefficient (Wildman–Crippen LogP) is 1.80. The first-order valence-corrected chi connectivity index (χ1v) is 6.20. The molecule has 4 nitrogen and oxygen atoms in total. The number of thioether (sulfide) groups is 1. The van der Waals surface area contributed by atoms with Gasteiger partial charge in [0.1, 0.15) is 0 Å². The van der Waals surface area contributed by atoms with Crippen LogP contribution in [0, 0.1) is 6.92 Å². The van der Waals surface area contributed by atoms with Gasteiger partial charge in [0.15, 0.2) is 0 Å². The fraction of sp³-hybridized carbons (Fsp3) is 0.333. The van der Waals surface area contributed by atoms with E-state index in [0.717, 1.165) is 11.1 Å². The third-order valence-electron chi connectivity index (χ3n) is 2.46. The van der Waals surface area contributed by atoms with Gasteiger partial charge < -0.3 is 10.8 Å². The summed E-state index contributed by atoms with van der Waals surface area (Å²) >= 11 is 1.35. The van der Waals surface area contributed by atoms with Gasteiger partial charge in [-0.1, -0.05) is 6.07 Å². The van der Waals surface area contributed by atoms with Gasteiger partial charge in [0.2, 0.25) is 5.91 Å². The first kappa shape index (κ1) is 13.6. The molecule has 0 aromatic heterocycles. The number of nitrogens with two attached hydrogens (primary N) is 1. The normalized spacial score (nSPS) is 12.1. The number of carbonyl (C=O) groups is 2. The van der Waals surface area contributed by atoms with Crippen molar-refractivity contribution in [3.63, 3.8) is 0 Å². The van der Waals surface area contributed by atoms with Crippen LogP contribution in [0.25, 0.3) is 0 Å². The van der Waals surface area contributed by atoms with E-state index in [2.05, 4.69) is 0 Å². The highest BCUT2D eigenvalue weighted by Crippen LogP contribution is 2.21. The van der Waals surface area contributed by atoms with Crippen molar-refractivity contribution in [2.75, 3.05) is 0 Å². The van der Waals surface area contributed by atoms with Crippen LogP contribution in [0.5, 0.6) is 0 Å². The van der Waals surface area contributed by atoms with Crippen molar-refractivity contribution in [3.05, 3.63) is 34.9 Å². The van der Waals surface area contributed by atoms with Crippen LogP contribution in [0.1, 0.15) is 28.4 Å². The molecule has 1 aromatic rings. The lowest BCUT2D eigenvalue weighted by molar-refractivity contribution is -0.136. The Bertz CT molecular complexity index is 445. The summed E-state index contributed by atoms with van der Waals surface area (Å²) in [5.74, 6) is -0.661. The minimum atomic E-state index is -0.818. The molecule has 17 heavy (non-hydrogen) atoms. The van der Waals surface area contributed by atoms with Crippen LogP contribution in [0.4, 0.5) is 0 Å². The average molecular weight is 253 g/mol. The first-order chi connectivity index (χ1) is 7.91. The Morgan fingerprint density at radius 3 is 2.59 bits per heavy atom. The number of carbonyl (C=O) groups excluding carboxylic acids is 1. The third-order valence-corrected chi connectivity index (χ3v) is 3.64. The summed E-state index contributed by atoms with van der Waals surface area (Å²) in [5.41, 5.74) is 7.62. The van der Waals surface area contributed by atoms with E-state index in [1.54, 1.807) is 19.1 Å². The summed E-state index contributed by atoms with van der Waals surface area (Å²) < 4.78 is 0. The molecule has 3 N–H and O–H groups in total. The maximum Gasteiger partial charge on any atom is 0.316 e. The van der Waals surface area contributed by atoms with Crippen molar-refractivity contribution in [1.82, 2.24) is 0 Å². The standard InChI is InChI=1S/C12H15NO3S/c1-7-5-9(11(13)14)3-4-10(7)6-17-8(2)12(15)16/h3-5,8H,6H2,1-2H3,(H2,13,14)(H,15,16). The molecule has 0 radical (unpaired) electrons. The van der Waals surface area contributed by atoms with Crippen LogP contribution in [0.2, 0.25) is 0 Å². The van der Waals surface area contributed by atoms with Gasteiger partial charge in [0.25, 0.3) is 0 Å². The molecule has 0 spiro atoms. The Balaban J connectivity index is 2.73. The molecule has 0 heterocycles. The molecule has 1 unspecified atom stereocenters. The van der Waals surface area contributed by atoms with E-state index in [0.29, 0.717) is 11.3 Å². The van der Waals surface area contributed by atoms with Gasteiger partial charge in [-0.2, -0.15) is 0 Å². The van der Waals surface area contributed by atoms with Crippen LogP contribution in [0.15, 0.2) is 18.2 Å². The Morgan fingerprint density at radius 1 is 1.47 bits per heavy atom. The average Bonchev–Trinajstić information content (AvgIpc) is 2.26. The van der Waals surface area contributed by atoms with Crippen LogP contribution in [-0.4, -0.2) is 22.2 Å². The van der Waals surface area contributed by atoms with Gasteiger partial charge in [0.05, 0.1) is 5.25 Å². The second kappa shape index (κ2) is 5.72. The number of carboxylic acid groups (broad SMARTS) is 1. The zero-order valence-electron chi connectivity index (χ0n) is 9.77. The predicted molar refractivity (Wildman–Crippen MR) is 68.1 cm³/mol. The number of aryl methyl sites for hydroxylation is 1. The van der Waals surface area contributed by atoms with E-state index in [1.165, 1.54) is 11.8 Å². The number of amides is 1. The SMILES string of the molecule is Cc1cc(C(N)=O)ccc1CSC(C)C(=O)O. The molecule has 0 aliphatic carbocycles. The molecule has 0 fully saturated rings. The quantitative estimate of drug-likeness (QED) is 0.838. The van der Waals surface area contributed by atoms with Crippen LogP contribution in [0.3, 0.4) is 0 Å². The number of hydrogen-bond donors (Lipinski definition) is 2. The van der Waals surface area contributed by atoms with E-state index in [-0.39, 0.29) is 0 Å². The highest BCUT2D eigenvalue weighted by Gasteiger charge is 2.12. The second-order valence-corrected chi connectivity index (χ2v) is 5.13. The molecule has 92 valence electrons. The highest BCUT2D eigenvalue weighted by atomic mass is 32.2. The van der Waals surface area contributed by atoms with Crippen LogP contribution >= 0.6 is 11.8 Å². The third kappa shape index (κ3) is 3.78. The van der Waals surface area contributed by atoms with Crippen molar-refractivity contribution >= 4 is 23.6 Å². The van der Waals surface area contributed by atoms with Crippen molar-refractivity contribution < 1.29 is 14.7 Å². The fourth-order valence-corrected chi connectivity index (χ4v) is 2.19. The number of benzene rings is 1. The van der Waals surface area contributed by atoms with Gasteiger partial charge in [-0.05, 0) is 37.1 Å².